The van der Waals surface area contributed by atoms with Crippen molar-refractivity contribution in [3.63, 3.8) is 0 Å². The van der Waals surface area contributed by atoms with Crippen molar-refractivity contribution in [1.82, 2.24) is 0 Å². The summed E-state index contributed by atoms with van der Waals surface area (Å²) in [6, 6.07) is 7.25. The van der Waals surface area contributed by atoms with Crippen LogP contribution in [0.2, 0.25) is 0 Å². The lowest BCUT2D eigenvalue weighted by Crippen LogP contribution is -2.30. The number of carbonyl (C=O) groups excluding carboxylic acids is 3. The van der Waals surface area contributed by atoms with Gasteiger partial charge in [-0.1, -0.05) is 18.2 Å². The van der Waals surface area contributed by atoms with E-state index in [0.717, 1.165) is 23.4 Å². The Kier molecular flexibility index (Phi) is 5.33. The van der Waals surface area contributed by atoms with Crippen molar-refractivity contribution in [3.05, 3.63) is 40.8 Å². The minimum atomic E-state index is -0.600. The van der Waals surface area contributed by atoms with Crippen molar-refractivity contribution in [1.29, 1.82) is 0 Å². The predicted octanol–water partition coefficient (Wildman–Crippen LogP) is 2.42. The number of amidine groups is 1. The largest absolute Gasteiger partial charge is 0.463 e. The van der Waals surface area contributed by atoms with Crippen LogP contribution in [-0.2, 0) is 19.1 Å². The number of aryl methyl sites for hydroxylation is 1. The maximum Gasteiger partial charge on any atom is 0.332 e. The molecule has 0 bridgehead atoms. The molecule has 1 aromatic carbocycles. The molecule has 120 valence electrons. The van der Waals surface area contributed by atoms with Crippen molar-refractivity contribution in [2.45, 2.75) is 20.8 Å². The van der Waals surface area contributed by atoms with Gasteiger partial charge >= 0.3 is 5.97 Å². The first kappa shape index (κ1) is 17.0. The molecule has 1 aromatic rings. The van der Waals surface area contributed by atoms with Crippen molar-refractivity contribution < 1.29 is 19.1 Å². The highest BCUT2D eigenvalue weighted by Gasteiger charge is 2.36. The molecule has 2 amide bonds. The highest BCUT2D eigenvalue weighted by molar-refractivity contribution is 8.19. The van der Waals surface area contributed by atoms with Crippen LogP contribution in [0.1, 0.15) is 19.4 Å². The fraction of sp³-hybridized carbons (Fsp3) is 0.250. The predicted molar refractivity (Wildman–Crippen MR) is 89.1 cm³/mol. The first-order valence-electron chi connectivity index (χ1n) is 6.99. The number of aliphatic imine (C=N–C) groups is 1. The zero-order valence-corrected chi connectivity index (χ0v) is 13.8. The highest BCUT2D eigenvalue weighted by atomic mass is 32.2. The summed E-state index contributed by atoms with van der Waals surface area (Å²) < 4.78 is 4.83. The Morgan fingerprint density at radius 2 is 2.04 bits per heavy atom. The van der Waals surface area contributed by atoms with E-state index in [1.54, 1.807) is 19.1 Å². The van der Waals surface area contributed by atoms with Crippen LogP contribution >= 0.6 is 11.8 Å². The summed E-state index contributed by atoms with van der Waals surface area (Å²) in [4.78, 5) is 41.0. The van der Waals surface area contributed by atoms with Gasteiger partial charge in [0.05, 0.1) is 17.2 Å². The van der Waals surface area contributed by atoms with Crippen LogP contribution in [0.4, 0.5) is 5.69 Å². The van der Waals surface area contributed by atoms with Crippen LogP contribution in [0.25, 0.3) is 0 Å². The van der Waals surface area contributed by atoms with E-state index in [0.29, 0.717) is 5.69 Å². The Bertz CT molecular complexity index is 725. The molecular formula is C16H16N2O4S. The summed E-state index contributed by atoms with van der Waals surface area (Å²) in [6.07, 6.45) is 1.13. The van der Waals surface area contributed by atoms with Gasteiger partial charge in [0.2, 0.25) is 5.91 Å². The minimum Gasteiger partial charge on any atom is -0.463 e. The normalized spacial score (nSPS) is 17.9. The van der Waals surface area contributed by atoms with E-state index in [1.165, 1.54) is 11.8 Å². The quantitative estimate of drug-likeness (QED) is 0.627. The van der Waals surface area contributed by atoms with Gasteiger partial charge in [0.1, 0.15) is 0 Å². The van der Waals surface area contributed by atoms with Crippen molar-refractivity contribution in [2.24, 2.45) is 4.99 Å². The number of ether oxygens (including phenoxy) is 1. The van der Waals surface area contributed by atoms with E-state index in [1.807, 2.05) is 19.1 Å². The maximum atomic E-state index is 12.6. The number of thioether (sulfide) groups is 1. The number of para-hydroxylation sites is 1. The lowest BCUT2D eigenvalue weighted by Gasteiger charge is -2.17. The smallest absolute Gasteiger partial charge is 0.332 e. The second-order valence-electron chi connectivity index (χ2n) is 4.70. The van der Waals surface area contributed by atoms with E-state index >= 15 is 0 Å². The van der Waals surface area contributed by atoms with Crippen molar-refractivity contribution in [3.8, 4) is 0 Å². The topological polar surface area (TPSA) is 76.0 Å². The number of esters is 1. The third-order valence-electron chi connectivity index (χ3n) is 2.95. The van der Waals surface area contributed by atoms with Crippen LogP contribution in [0.15, 0.2) is 40.2 Å². The van der Waals surface area contributed by atoms with Gasteiger partial charge in [-0.05, 0) is 37.2 Å². The van der Waals surface area contributed by atoms with Crippen LogP contribution in [-0.4, -0.2) is 29.6 Å². The zero-order valence-electron chi connectivity index (χ0n) is 13.0. The third kappa shape index (κ3) is 3.87. The van der Waals surface area contributed by atoms with Gasteiger partial charge < -0.3 is 4.74 Å². The monoisotopic (exact) mass is 332 g/mol. The number of rotatable bonds is 3. The molecule has 1 aliphatic heterocycles. The lowest BCUT2D eigenvalue weighted by molar-refractivity contribution is -0.137. The Hall–Kier alpha value is -2.41. The van der Waals surface area contributed by atoms with E-state index in [-0.39, 0.29) is 16.7 Å². The summed E-state index contributed by atoms with van der Waals surface area (Å²) in [7, 11) is 0. The fourth-order valence-electron chi connectivity index (χ4n) is 2.00. The van der Waals surface area contributed by atoms with Gasteiger partial charge in [-0.15, -0.1) is 0 Å². The number of hydrogen-bond acceptors (Lipinski definition) is 5. The summed E-state index contributed by atoms with van der Waals surface area (Å²) in [5, 5.41) is 0.229. The average Bonchev–Trinajstić information content (AvgIpc) is 2.75. The Labute approximate surface area is 138 Å². The summed E-state index contributed by atoms with van der Waals surface area (Å²) in [5.74, 6) is -1.43. The number of carbonyl (C=O) groups is 3. The van der Waals surface area contributed by atoms with Crippen LogP contribution in [0, 0.1) is 6.92 Å². The molecule has 1 aliphatic rings. The SMILES string of the molecule is CCOC(=O)/C=C1\SC(=NC(C)=O)N(c2ccccc2C)C1=O. The molecule has 0 spiro atoms. The second-order valence-corrected chi connectivity index (χ2v) is 5.71. The minimum absolute atomic E-state index is 0.173. The molecule has 23 heavy (non-hydrogen) atoms. The Morgan fingerprint density at radius 1 is 1.35 bits per heavy atom. The second kappa shape index (κ2) is 7.23. The molecule has 1 heterocycles. The molecule has 0 saturated carbocycles. The van der Waals surface area contributed by atoms with Gasteiger partial charge in [0, 0.05) is 13.0 Å². The molecule has 0 N–H and O–H groups in total. The molecule has 0 atom stereocenters. The van der Waals surface area contributed by atoms with E-state index < -0.39 is 17.8 Å². The molecule has 6 nitrogen and oxygen atoms in total. The van der Waals surface area contributed by atoms with Gasteiger partial charge in [-0.3, -0.25) is 14.5 Å². The standard InChI is InChI=1S/C16H16N2O4S/c1-4-22-14(20)9-13-15(21)18(16(23-13)17-11(3)19)12-8-6-5-7-10(12)2/h5-9H,4H2,1-3H3/b13-9-,17-16?. The van der Waals surface area contributed by atoms with E-state index in [4.69, 9.17) is 4.74 Å². The Balaban J connectivity index is 2.46. The van der Waals surface area contributed by atoms with E-state index in [2.05, 4.69) is 4.99 Å². The molecule has 1 fully saturated rings. The molecule has 0 aliphatic carbocycles. The number of hydrogen-bond donors (Lipinski definition) is 0. The van der Waals surface area contributed by atoms with Gasteiger partial charge in [-0.2, -0.15) is 4.99 Å². The van der Waals surface area contributed by atoms with Crippen molar-refractivity contribution in [2.75, 3.05) is 11.5 Å². The number of amides is 2. The fourth-order valence-corrected chi connectivity index (χ4v) is 2.98. The maximum absolute atomic E-state index is 12.6. The molecule has 1 saturated heterocycles. The molecule has 7 heteroatoms. The number of anilines is 1. The van der Waals surface area contributed by atoms with Crippen molar-refractivity contribution >= 4 is 40.4 Å². The van der Waals surface area contributed by atoms with Gasteiger partial charge in [0.25, 0.3) is 5.91 Å². The lowest BCUT2D eigenvalue weighted by atomic mass is 10.2. The van der Waals surface area contributed by atoms with Gasteiger partial charge in [0.15, 0.2) is 5.17 Å². The highest BCUT2D eigenvalue weighted by Crippen LogP contribution is 2.36. The third-order valence-corrected chi connectivity index (χ3v) is 3.92. The first-order chi connectivity index (χ1) is 10.9. The average molecular weight is 332 g/mol. The molecule has 2 rings (SSSR count). The number of benzene rings is 1. The Morgan fingerprint density at radius 3 is 2.65 bits per heavy atom. The summed E-state index contributed by atoms with van der Waals surface area (Å²) in [5.41, 5.74) is 1.48. The van der Waals surface area contributed by atoms with E-state index in [9.17, 15) is 14.4 Å². The van der Waals surface area contributed by atoms with Gasteiger partial charge in [-0.25, -0.2) is 4.79 Å². The number of nitrogens with zero attached hydrogens (tertiary/aromatic N) is 2. The van der Waals surface area contributed by atoms with Crippen LogP contribution in [0.5, 0.6) is 0 Å². The zero-order chi connectivity index (χ0) is 17.0. The molecule has 0 aromatic heterocycles. The molecular weight excluding hydrogens is 316 g/mol. The first-order valence-corrected chi connectivity index (χ1v) is 7.81. The van der Waals surface area contributed by atoms with Crippen LogP contribution in [0.3, 0.4) is 0 Å². The molecule has 0 unspecified atom stereocenters. The summed E-state index contributed by atoms with van der Waals surface area (Å²) in [6.45, 7) is 5.06. The summed E-state index contributed by atoms with van der Waals surface area (Å²) >= 11 is 0.979. The molecule has 0 radical (unpaired) electrons. The van der Waals surface area contributed by atoms with Crippen LogP contribution < -0.4 is 4.90 Å².